The number of unbranched alkanes of at least 4 members (excludes halogenated alkanes) is 1. The minimum absolute atomic E-state index is 0.285. The molecule has 1 aromatic heterocycles. The van der Waals surface area contributed by atoms with E-state index >= 15 is 0 Å². The first-order chi connectivity index (χ1) is 17.4. The number of nitrogens with zero attached hydrogens (tertiary/aromatic N) is 5. The standard InChI is InChI=1S/C26H41N7O3/c1-31-10-6-11-33(15-14-31)26-29-21-18-23(36-16-5-4-7-24(27)34)22(35-3)17-20(21)25(30-26)28-19-8-12-32(2)13-9-19/h17-19H,4-16H2,1-3H3,(H2,27,34)(H,28,29,30). The molecule has 2 aliphatic rings. The van der Waals surface area contributed by atoms with Gasteiger partial charge in [-0.1, -0.05) is 0 Å². The van der Waals surface area contributed by atoms with Crippen molar-refractivity contribution in [3.63, 3.8) is 0 Å². The van der Waals surface area contributed by atoms with E-state index in [4.69, 9.17) is 25.2 Å². The first-order valence-electron chi connectivity index (χ1n) is 13.1. The van der Waals surface area contributed by atoms with Crippen LogP contribution in [0.5, 0.6) is 11.5 Å². The Morgan fingerprint density at radius 2 is 1.81 bits per heavy atom. The van der Waals surface area contributed by atoms with E-state index in [-0.39, 0.29) is 5.91 Å². The Kier molecular flexibility index (Phi) is 9.03. The van der Waals surface area contributed by atoms with E-state index in [1.54, 1.807) is 7.11 Å². The number of carbonyl (C=O) groups excluding carboxylic acids is 1. The summed E-state index contributed by atoms with van der Waals surface area (Å²) in [4.78, 5) is 28.0. The monoisotopic (exact) mass is 499 g/mol. The fourth-order valence-corrected chi connectivity index (χ4v) is 4.82. The van der Waals surface area contributed by atoms with E-state index in [1.807, 2.05) is 12.1 Å². The van der Waals surface area contributed by atoms with Crippen molar-refractivity contribution in [2.45, 2.75) is 44.6 Å². The van der Waals surface area contributed by atoms with Crippen molar-refractivity contribution in [1.82, 2.24) is 19.8 Å². The molecule has 3 heterocycles. The summed E-state index contributed by atoms with van der Waals surface area (Å²) in [5.41, 5.74) is 6.08. The molecule has 0 unspecified atom stereocenters. The molecular weight excluding hydrogens is 458 g/mol. The van der Waals surface area contributed by atoms with Crippen LogP contribution in [0.15, 0.2) is 12.1 Å². The van der Waals surface area contributed by atoms with Gasteiger partial charge in [-0.2, -0.15) is 4.98 Å². The van der Waals surface area contributed by atoms with Crippen LogP contribution in [0.1, 0.15) is 38.5 Å². The van der Waals surface area contributed by atoms with Gasteiger partial charge in [0, 0.05) is 43.5 Å². The Hall–Kier alpha value is -2.85. The minimum Gasteiger partial charge on any atom is -0.493 e. The Bertz CT molecular complexity index is 1030. The van der Waals surface area contributed by atoms with Gasteiger partial charge in [-0.3, -0.25) is 4.79 Å². The van der Waals surface area contributed by atoms with Crippen molar-refractivity contribution in [2.24, 2.45) is 5.73 Å². The number of nitrogens with two attached hydrogens (primary N) is 1. The van der Waals surface area contributed by atoms with Gasteiger partial charge in [0.2, 0.25) is 11.9 Å². The summed E-state index contributed by atoms with van der Waals surface area (Å²) in [6.07, 6.45) is 5.05. The van der Waals surface area contributed by atoms with Crippen LogP contribution >= 0.6 is 0 Å². The number of methoxy groups -OCH3 is 1. The molecule has 36 heavy (non-hydrogen) atoms. The summed E-state index contributed by atoms with van der Waals surface area (Å²) in [7, 11) is 5.98. The van der Waals surface area contributed by atoms with E-state index in [2.05, 4.69) is 34.1 Å². The van der Waals surface area contributed by atoms with Gasteiger partial charge >= 0.3 is 0 Å². The smallest absolute Gasteiger partial charge is 0.227 e. The largest absolute Gasteiger partial charge is 0.493 e. The summed E-state index contributed by atoms with van der Waals surface area (Å²) in [6, 6.07) is 4.30. The minimum atomic E-state index is -0.285. The molecule has 2 aliphatic heterocycles. The molecule has 0 bridgehead atoms. The van der Waals surface area contributed by atoms with Crippen molar-refractivity contribution >= 4 is 28.6 Å². The highest BCUT2D eigenvalue weighted by atomic mass is 16.5. The number of rotatable bonds is 10. The zero-order valence-electron chi connectivity index (χ0n) is 22.0. The Morgan fingerprint density at radius 1 is 1.03 bits per heavy atom. The molecular formula is C26H41N7O3. The second-order valence-corrected chi connectivity index (χ2v) is 10.0. The summed E-state index contributed by atoms with van der Waals surface area (Å²) >= 11 is 0. The van der Waals surface area contributed by atoms with Crippen LogP contribution in [0.25, 0.3) is 10.9 Å². The lowest BCUT2D eigenvalue weighted by Gasteiger charge is -2.30. The highest BCUT2D eigenvalue weighted by molar-refractivity contribution is 5.93. The maximum Gasteiger partial charge on any atom is 0.227 e. The van der Waals surface area contributed by atoms with Crippen LogP contribution in [-0.4, -0.2) is 98.8 Å². The highest BCUT2D eigenvalue weighted by Gasteiger charge is 2.22. The first-order valence-corrected chi connectivity index (χ1v) is 13.1. The van der Waals surface area contributed by atoms with Crippen molar-refractivity contribution in [3.8, 4) is 11.5 Å². The molecule has 3 N–H and O–H groups in total. The number of amides is 1. The van der Waals surface area contributed by atoms with Crippen LogP contribution < -0.4 is 25.4 Å². The quantitative estimate of drug-likeness (QED) is 0.476. The van der Waals surface area contributed by atoms with E-state index in [0.29, 0.717) is 37.0 Å². The second kappa shape index (κ2) is 12.4. The molecule has 10 heteroatoms. The van der Waals surface area contributed by atoms with Crippen LogP contribution in [0.4, 0.5) is 11.8 Å². The molecule has 198 valence electrons. The summed E-state index contributed by atoms with van der Waals surface area (Å²) < 4.78 is 11.7. The summed E-state index contributed by atoms with van der Waals surface area (Å²) in [5, 5.41) is 4.67. The maximum atomic E-state index is 11.0. The van der Waals surface area contributed by atoms with Crippen LogP contribution in [0, 0.1) is 0 Å². The van der Waals surface area contributed by atoms with Crippen molar-refractivity contribution in [3.05, 3.63) is 12.1 Å². The van der Waals surface area contributed by atoms with Gasteiger partial charge in [0.05, 0.1) is 19.2 Å². The molecule has 2 fully saturated rings. The lowest BCUT2D eigenvalue weighted by molar-refractivity contribution is -0.118. The van der Waals surface area contributed by atoms with Crippen molar-refractivity contribution in [1.29, 1.82) is 0 Å². The van der Waals surface area contributed by atoms with E-state index in [1.165, 1.54) is 0 Å². The second-order valence-electron chi connectivity index (χ2n) is 10.0. The number of fused-ring (bicyclic) bond motifs is 1. The predicted octanol–water partition coefficient (Wildman–Crippen LogP) is 2.32. The number of likely N-dealkylation sites (tertiary alicyclic amines) is 1. The molecule has 0 radical (unpaired) electrons. The van der Waals surface area contributed by atoms with Crippen LogP contribution in [-0.2, 0) is 4.79 Å². The molecule has 4 rings (SSSR count). The lowest BCUT2D eigenvalue weighted by atomic mass is 10.1. The first kappa shape index (κ1) is 26.2. The average Bonchev–Trinajstić information content (AvgIpc) is 3.08. The number of likely N-dealkylation sites (N-methyl/N-ethyl adjacent to an activating group) is 1. The summed E-state index contributed by atoms with van der Waals surface area (Å²) in [6.45, 7) is 6.52. The normalized spacial score (nSPS) is 18.2. The van der Waals surface area contributed by atoms with Gasteiger partial charge in [0.15, 0.2) is 11.5 Å². The molecule has 0 saturated carbocycles. The van der Waals surface area contributed by atoms with Gasteiger partial charge in [-0.05, 0) is 71.9 Å². The number of hydrogen-bond acceptors (Lipinski definition) is 9. The number of carbonyl (C=O) groups is 1. The van der Waals surface area contributed by atoms with E-state index in [0.717, 1.165) is 87.6 Å². The third-order valence-corrected chi connectivity index (χ3v) is 7.11. The Labute approximate surface area is 214 Å². The van der Waals surface area contributed by atoms with Crippen LogP contribution in [0.2, 0.25) is 0 Å². The summed E-state index contributed by atoms with van der Waals surface area (Å²) in [5.74, 6) is 2.62. The number of benzene rings is 1. The van der Waals surface area contributed by atoms with Crippen molar-refractivity contribution < 1.29 is 14.3 Å². The molecule has 0 atom stereocenters. The number of anilines is 2. The van der Waals surface area contributed by atoms with Crippen LogP contribution in [0.3, 0.4) is 0 Å². The Morgan fingerprint density at radius 3 is 2.56 bits per heavy atom. The highest BCUT2D eigenvalue weighted by Crippen LogP contribution is 2.36. The third-order valence-electron chi connectivity index (χ3n) is 7.11. The van der Waals surface area contributed by atoms with Gasteiger partial charge in [-0.15, -0.1) is 0 Å². The Balaban J connectivity index is 1.63. The molecule has 0 aliphatic carbocycles. The van der Waals surface area contributed by atoms with Gasteiger partial charge < -0.3 is 35.2 Å². The third kappa shape index (κ3) is 6.88. The number of nitrogens with one attached hydrogen (secondary N) is 1. The molecule has 1 aromatic carbocycles. The number of hydrogen-bond donors (Lipinski definition) is 2. The van der Waals surface area contributed by atoms with Gasteiger partial charge in [-0.25, -0.2) is 4.98 Å². The average molecular weight is 500 g/mol. The molecule has 0 spiro atoms. The zero-order valence-corrected chi connectivity index (χ0v) is 22.0. The molecule has 2 aromatic rings. The SMILES string of the molecule is COc1cc2c(NC3CCN(C)CC3)nc(N3CCCN(C)CC3)nc2cc1OCCCCC(N)=O. The molecule has 2 saturated heterocycles. The fraction of sp³-hybridized carbons (Fsp3) is 0.654. The number of ether oxygens (including phenoxy) is 2. The lowest BCUT2D eigenvalue weighted by Crippen LogP contribution is -2.37. The predicted molar refractivity (Wildman–Crippen MR) is 143 cm³/mol. The van der Waals surface area contributed by atoms with E-state index < -0.39 is 0 Å². The molecule has 10 nitrogen and oxygen atoms in total. The number of primary amides is 1. The van der Waals surface area contributed by atoms with Gasteiger partial charge in [0.25, 0.3) is 0 Å². The fourth-order valence-electron chi connectivity index (χ4n) is 4.82. The van der Waals surface area contributed by atoms with E-state index in [9.17, 15) is 4.79 Å². The van der Waals surface area contributed by atoms with Crippen molar-refractivity contribution in [2.75, 3.05) is 77.3 Å². The maximum absolute atomic E-state index is 11.0. The molecule has 1 amide bonds. The number of aromatic nitrogens is 2. The zero-order chi connectivity index (χ0) is 25.5. The van der Waals surface area contributed by atoms with Gasteiger partial charge in [0.1, 0.15) is 5.82 Å². The number of piperidine rings is 1. The topological polar surface area (TPSA) is 109 Å².